The Morgan fingerprint density at radius 2 is 1.89 bits per heavy atom. The second-order valence-corrected chi connectivity index (χ2v) is 10.6. The maximum absolute atomic E-state index is 11.7. The molecule has 1 N–H and O–H groups in total. The van der Waals surface area contributed by atoms with Crippen molar-refractivity contribution in [2.45, 2.75) is 58.4 Å². The van der Waals surface area contributed by atoms with Crippen LogP contribution < -0.4 is 10.7 Å². The number of anilines is 1. The number of nitrogens with one attached hydrogen (secondary N) is 1. The van der Waals surface area contributed by atoms with Gasteiger partial charge in [-0.1, -0.05) is 31.4 Å². The number of rotatable bonds is 5. The van der Waals surface area contributed by atoms with Gasteiger partial charge in [0.05, 0.1) is 5.02 Å². The molecule has 0 aromatic carbocycles. The van der Waals surface area contributed by atoms with E-state index >= 15 is 0 Å². The van der Waals surface area contributed by atoms with Crippen LogP contribution in [0.3, 0.4) is 0 Å². The van der Waals surface area contributed by atoms with Crippen molar-refractivity contribution in [2.75, 3.05) is 18.0 Å². The molecule has 1 aliphatic heterocycles. The molecule has 1 saturated carbocycles. The number of hydrogen-bond acceptors (Lipinski definition) is 8. The molecule has 188 valence electrons. The summed E-state index contributed by atoms with van der Waals surface area (Å²) < 4.78 is 7.52. The van der Waals surface area contributed by atoms with Gasteiger partial charge in [0.2, 0.25) is 11.8 Å². The first kappa shape index (κ1) is 23.1. The van der Waals surface area contributed by atoms with Gasteiger partial charge in [0.25, 0.3) is 5.89 Å². The standard InChI is InChI=1S/C25H29ClN8O2/c1-14-5-7-16(8-6-14)15(2)34-20-19(17-11-18(26)13-27-12-17)28-22(23-31-32-25(35)36-23)29-21(20)30-24(34)33-9-3-4-10-33/h11-16H,3-10H2,1-2H3,(H,32,35). The molecule has 6 rings (SSSR count). The van der Waals surface area contributed by atoms with Gasteiger partial charge in [0, 0.05) is 37.1 Å². The van der Waals surface area contributed by atoms with Gasteiger partial charge in [-0.2, -0.15) is 4.98 Å². The van der Waals surface area contributed by atoms with Crippen LogP contribution in [0.25, 0.3) is 34.1 Å². The molecule has 4 aromatic heterocycles. The van der Waals surface area contributed by atoms with E-state index in [0.717, 1.165) is 48.9 Å². The van der Waals surface area contributed by atoms with Crippen LogP contribution in [-0.2, 0) is 0 Å². The van der Waals surface area contributed by atoms with E-state index < -0.39 is 5.76 Å². The second kappa shape index (κ2) is 9.31. The third kappa shape index (κ3) is 4.17. The van der Waals surface area contributed by atoms with Gasteiger partial charge in [0.15, 0.2) is 5.65 Å². The van der Waals surface area contributed by atoms with Crippen molar-refractivity contribution in [3.8, 4) is 23.0 Å². The third-order valence-corrected chi connectivity index (χ3v) is 7.88. The summed E-state index contributed by atoms with van der Waals surface area (Å²) in [4.78, 5) is 32.9. The minimum Gasteiger partial charge on any atom is -0.384 e. The lowest BCUT2D eigenvalue weighted by Gasteiger charge is -2.33. The fraction of sp³-hybridized carbons (Fsp3) is 0.520. The highest BCUT2D eigenvalue weighted by Crippen LogP contribution is 2.41. The maximum atomic E-state index is 11.7. The molecular weight excluding hydrogens is 480 g/mol. The molecule has 1 atom stereocenters. The molecule has 2 aliphatic rings. The van der Waals surface area contributed by atoms with Gasteiger partial charge in [-0.25, -0.2) is 19.9 Å². The Balaban J connectivity index is 1.60. The maximum Gasteiger partial charge on any atom is 0.434 e. The van der Waals surface area contributed by atoms with E-state index in [1.54, 1.807) is 12.4 Å². The number of fused-ring (bicyclic) bond motifs is 1. The first-order valence-corrected chi connectivity index (χ1v) is 13.1. The monoisotopic (exact) mass is 508 g/mol. The Bertz CT molecular complexity index is 1450. The van der Waals surface area contributed by atoms with Crippen LogP contribution in [0.1, 0.15) is 58.4 Å². The molecule has 36 heavy (non-hydrogen) atoms. The third-order valence-electron chi connectivity index (χ3n) is 7.67. The molecule has 5 heterocycles. The SMILES string of the molecule is CC1CCC(C(C)n2c(N3CCCC3)nc3nc(-c4n[nH]c(=O)o4)nc(-c4cncc(Cl)c4)c32)CC1. The first-order chi connectivity index (χ1) is 17.5. The molecule has 1 unspecified atom stereocenters. The molecule has 0 radical (unpaired) electrons. The summed E-state index contributed by atoms with van der Waals surface area (Å²) >= 11 is 6.34. The van der Waals surface area contributed by atoms with Crippen LogP contribution in [0.2, 0.25) is 5.02 Å². The van der Waals surface area contributed by atoms with Gasteiger partial charge in [-0.15, -0.1) is 5.10 Å². The van der Waals surface area contributed by atoms with Crippen molar-refractivity contribution in [3.05, 3.63) is 34.0 Å². The minimum absolute atomic E-state index is 0.0183. The zero-order valence-electron chi connectivity index (χ0n) is 20.4. The van der Waals surface area contributed by atoms with Crippen LogP contribution in [0.4, 0.5) is 5.95 Å². The second-order valence-electron chi connectivity index (χ2n) is 10.1. The van der Waals surface area contributed by atoms with Crippen LogP contribution >= 0.6 is 11.6 Å². The van der Waals surface area contributed by atoms with Gasteiger partial charge in [-0.05, 0) is 50.5 Å². The fourth-order valence-corrected chi connectivity index (χ4v) is 5.83. The summed E-state index contributed by atoms with van der Waals surface area (Å²) in [5, 5.41) is 6.75. The van der Waals surface area contributed by atoms with E-state index in [9.17, 15) is 4.79 Å². The average Bonchev–Trinajstić information content (AvgIpc) is 3.63. The summed E-state index contributed by atoms with van der Waals surface area (Å²) in [5.41, 5.74) is 2.77. The quantitative estimate of drug-likeness (QED) is 0.405. The van der Waals surface area contributed by atoms with Crippen molar-refractivity contribution in [1.82, 2.24) is 34.7 Å². The zero-order valence-corrected chi connectivity index (χ0v) is 21.2. The summed E-state index contributed by atoms with van der Waals surface area (Å²) in [6, 6.07) is 2.04. The Morgan fingerprint density at radius 3 is 2.58 bits per heavy atom. The van der Waals surface area contributed by atoms with Crippen LogP contribution in [0.5, 0.6) is 0 Å². The molecule has 4 aromatic rings. The summed E-state index contributed by atoms with van der Waals surface area (Å²) in [6.45, 7) is 6.55. The number of aromatic nitrogens is 7. The Morgan fingerprint density at radius 1 is 1.11 bits per heavy atom. The lowest BCUT2D eigenvalue weighted by molar-refractivity contribution is 0.228. The molecule has 2 fully saturated rings. The largest absolute Gasteiger partial charge is 0.434 e. The highest BCUT2D eigenvalue weighted by Gasteiger charge is 2.32. The topological polar surface area (TPSA) is 119 Å². The highest BCUT2D eigenvalue weighted by molar-refractivity contribution is 6.30. The van der Waals surface area contributed by atoms with Crippen molar-refractivity contribution in [1.29, 1.82) is 0 Å². The van der Waals surface area contributed by atoms with E-state index in [1.807, 2.05) is 6.07 Å². The molecular formula is C25H29ClN8O2. The number of hydrogen-bond donors (Lipinski definition) is 1. The number of halogens is 1. The van der Waals surface area contributed by atoms with Gasteiger partial charge in [-0.3, -0.25) is 4.98 Å². The normalized spacial score (nSPS) is 21.4. The fourth-order valence-electron chi connectivity index (χ4n) is 5.66. The van der Waals surface area contributed by atoms with Gasteiger partial charge in [0.1, 0.15) is 11.2 Å². The summed E-state index contributed by atoms with van der Waals surface area (Å²) in [7, 11) is 0. The predicted molar refractivity (Wildman–Crippen MR) is 137 cm³/mol. The highest BCUT2D eigenvalue weighted by atomic mass is 35.5. The lowest BCUT2D eigenvalue weighted by Crippen LogP contribution is -2.27. The van der Waals surface area contributed by atoms with Crippen LogP contribution in [0.15, 0.2) is 27.7 Å². The molecule has 10 nitrogen and oxygen atoms in total. The van der Waals surface area contributed by atoms with Crippen molar-refractivity contribution in [2.24, 2.45) is 11.8 Å². The molecule has 0 amide bonds. The predicted octanol–water partition coefficient (Wildman–Crippen LogP) is 4.87. The van der Waals surface area contributed by atoms with Crippen molar-refractivity contribution >= 4 is 28.7 Å². The Kier molecular flexibility index (Phi) is 5.99. The van der Waals surface area contributed by atoms with Crippen LogP contribution in [-0.4, -0.2) is 47.8 Å². The number of nitrogens with zero attached hydrogens (tertiary/aromatic N) is 7. The van der Waals surface area contributed by atoms with Gasteiger partial charge >= 0.3 is 5.76 Å². The van der Waals surface area contributed by atoms with Crippen molar-refractivity contribution in [3.63, 3.8) is 0 Å². The van der Waals surface area contributed by atoms with Crippen LogP contribution in [0, 0.1) is 11.8 Å². The lowest BCUT2D eigenvalue weighted by atomic mass is 9.79. The molecule has 1 saturated heterocycles. The van der Waals surface area contributed by atoms with E-state index in [1.165, 1.54) is 25.7 Å². The number of aromatic amines is 1. The summed E-state index contributed by atoms with van der Waals surface area (Å²) in [5.74, 6) is 1.77. The Hall–Kier alpha value is -3.27. The van der Waals surface area contributed by atoms with Gasteiger partial charge < -0.3 is 13.9 Å². The van der Waals surface area contributed by atoms with Crippen molar-refractivity contribution < 1.29 is 4.42 Å². The number of imidazole rings is 1. The average molecular weight is 509 g/mol. The van der Waals surface area contributed by atoms with E-state index in [-0.39, 0.29) is 17.8 Å². The van der Waals surface area contributed by atoms with E-state index in [4.69, 9.17) is 31.0 Å². The zero-order chi connectivity index (χ0) is 24.8. The number of pyridine rings is 1. The van der Waals surface area contributed by atoms with E-state index in [0.29, 0.717) is 22.3 Å². The van der Waals surface area contributed by atoms with E-state index in [2.05, 4.69) is 38.5 Å². The first-order valence-electron chi connectivity index (χ1n) is 12.7. The molecule has 0 bridgehead atoms. The molecule has 1 aliphatic carbocycles. The summed E-state index contributed by atoms with van der Waals surface area (Å²) in [6.07, 6.45) is 10.5. The smallest absolute Gasteiger partial charge is 0.384 e. The number of H-pyrrole nitrogens is 1. The minimum atomic E-state index is -0.664. The molecule has 11 heteroatoms. The Labute approximate surface area is 213 Å². The molecule has 0 spiro atoms.